The van der Waals surface area contributed by atoms with E-state index in [1.807, 2.05) is 36.4 Å². The lowest BCUT2D eigenvalue weighted by Gasteiger charge is -2.30. The smallest absolute Gasteiger partial charge is 0.271 e. The molecule has 3 aromatic carbocycles. The van der Waals surface area contributed by atoms with E-state index < -0.39 is 0 Å². The quantitative estimate of drug-likeness (QED) is 0.314. The molecular weight excluding hydrogens is 546 g/mol. The van der Waals surface area contributed by atoms with Crippen LogP contribution < -0.4 is 14.9 Å². The Kier molecular flexibility index (Phi) is 5.14. The topological polar surface area (TPSA) is 34.4 Å². The molecule has 6 heteroatoms. The third-order valence-electron chi connectivity index (χ3n) is 6.23. The molecule has 0 amide bonds. The van der Waals surface area contributed by atoms with Gasteiger partial charge in [0.1, 0.15) is 5.82 Å². The Balaban J connectivity index is 1.62. The molecule has 0 saturated carbocycles. The maximum absolute atomic E-state index is 13.7. The van der Waals surface area contributed by atoms with Crippen molar-refractivity contribution in [2.24, 2.45) is 4.99 Å². The number of thiazole rings is 1. The maximum atomic E-state index is 13.7. The summed E-state index contributed by atoms with van der Waals surface area (Å²) in [7, 11) is 0. The molecule has 6 rings (SSSR count). The number of halogens is 2. The molecule has 0 bridgehead atoms. The zero-order chi connectivity index (χ0) is 22.5. The van der Waals surface area contributed by atoms with Crippen molar-refractivity contribution in [1.29, 1.82) is 0 Å². The van der Waals surface area contributed by atoms with Crippen LogP contribution in [0, 0.1) is 9.39 Å². The van der Waals surface area contributed by atoms with Crippen molar-refractivity contribution >= 4 is 45.7 Å². The highest BCUT2D eigenvalue weighted by Gasteiger charge is 2.32. The zero-order valence-electron chi connectivity index (χ0n) is 17.5. The highest BCUT2D eigenvalue weighted by molar-refractivity contribution is 14.1. The summed E-state index contributed by atoms with van der Waals surface area (Å²) in [5.41, 5.74) is 6.30. The van der Waals surface area contributed by atoms with Crippen LogP contribution in [-0.2, 0) is 6.42 Å². The van der Waals surface area contributed by atoms with Crippen LogP contribution in [0.25, 0.3) is 11.8 Å². The zero-order valence-corrected chi connectivity index (χ0v) is 20.4. The fourth-order valence-corrected chi connectivity index (χ4v) is 6.04. The van der Waals surface area contributed by atoms with Gasteiger partial charge in [0.05, 0.1) is 16.3 Å². The molecule has 1 unspecified atom stereocenters. The lowest BCUT2D eigenvalue weighted by Crippen LogP contribution is -2.38. The summed E-state index contributed by atoms with van der Waals surface area (Å²) >= 11 is 3.68. The molecule has 4 aromatic rings. The van der Waals surface area contributed by atoms with Gasteiger partial charge in [-0.2, -0.15) is 0 Å². The van der Waals surface area contributed by atoms with E-state index in [0.717, 1.165) is 44.4 Å². The van der Waals surface area contributed by atoms with Crippen molar-refractivity contribution in [2.45, 2.75) is 18.9 Å². The van der Waals surface area contributed by atoms with E-state index in [0.29, 0.717) is 9.33 Å². The molecule has 0 saturated heterocycles. The first-order valence-electron chi connectivity index (χ1n) is 10.7. The van der Waals surface area contributed by atoms with E-state index in [4.69, 9.17) is 4.99 Å². The molecule has 1 aliphatic carbocycles. The monoisotopic (exact) mass is 564 g/mol. The van der Waals surface area contributed by atoms with Gasteiger partial charge in [0, 0.05) is 9.13 Å². The lowest BCUT2D eigenvalue weighted by atomic mass is 9.83. The van der Waals surface area contributed by atoms with E-state index in [1.54, 1.807) is 16.7 Å². The standard InChI is InChI=1S/C27H18FIN2OS/c28-19-10-7-18(8-11-19)25-22-14-9-17-3-1-2-4-21(17)24(22)30-27-31(25)26(32)23(33-27)15-16-5-12-20(29)13-6-16/h1-8,10-13,15,25H,9,14H2. The molecule has 1 aliphatic heterocycles. The van der Waals surface area contributed by atoms with Gasteiger partial charge in [-0.05, 0) is 88.0 Å². The molecular formula is C27H18FIN2OS. The molecule has 0 radical (unpaired) electrons. The van der Waals surface area contributed by atoms with E-state index >= 15 is 0 Å². The average Bonchev–Trinajstić information content (AvgIpc) is 3.14. The van der Waals surface area contributed by atoms with Gasteiger partial charge in [0.15, 0.2) is 4.80 Å². The Hall–Kier alpha value is -2.84. The first kappa shape index (κ1) is 20.7. The first-order valence-corrected chi connectivity index (χ1v) is 12.6. The van der Waals surface area contributed by atoms with Crippen LogP contribution in [0.15, 0.2) is 88.2 Å². The fourth-order valence-electron chi connectivity index (χ4n) is 4.68. The van der Waals surface area contributed by atoms with Crippen molar-refractivity contribution in [3.8, 4) is 0 Å². The van der Waals surface area contributed by atoms with Crippen LogP contribution >= 0.6 is 33.9 Å². The summed E-state index contributed by atoms with van der Waals surface area (Å²) in [6, 6.07) is 22.6. The van der Waals surface area contributed by atoms with Gasteiger partial charge in [-0.15, -0.1) is 0 Å². The van der Waals surface area contributed by atoms with Crippen LogP contribution in [-0.4, -0.2) is 4.57 Å². The molecule has 3 nitrogen and oxygen atoms in total. The molecule has 1 aromatic heterocycles. The number of rotatable bonds is 2. The van der Waals surface area contributed by atoms with Gasteiger partial charge in [-0.25, -0.2) is 9.38 Å². The molecule has 1 atom stereocenters. The Labute approximate surface area is 207 Å². The fraction of sp³-hybridized carbons (Fsp3) is 0.111. The number of hydrogen-bond acceptors (Lipinski definition) is 3. The SMILES string of the molecule is O=c1c(=Cc2ccc(I)cc2)sc2n1C(c1ccc(F)cc1)C1=C(N=2)c2ccccc2CC1. The number of nitrogens with zero attached hydrogens (tertiary/aromatic N) is 2. The largest absolute Gasteiger partial charge is 0.272 e. The van der Waals surface area contributed by atoms with Crippen molar-refractivity contribution in [1.82, 2.24) is 4.57 Å². The number of benzene rings is 3. The van der Waals surface area contributed by atoms with Gasteiger partial charge < -0.3 is 0 Å². The average molecular weight is 564 g/mol. The molecule has 2 heterocycles. The second-order valence-electron chi connectivity index (χ2n) is 8.22. The number of aryl methyl sites for hydroxylation is 1. The van der Waals surface area contributed by atoms with Gasteiger partial charge in [-0.3, -0.25) is 9.36 Å². The second kappa shape index (κ2) is 8.18. The minimum Gasteiger partial charge on any atom is -0.272 e. The second-order valence-corrected chi connectivity index (χ2v) is 10.5. The Morgan fingerprint density at radius 2 is 1.76 bits per heavy atom. The normalized spacial score (nSPS) is 17.3. The summed E-state index contributed by atoms with van der Waals surface area (Å²) in [4.78, 5) is 19.3. The molecule has 2 aliphatic rings. The Bertz CT molecular complexity index is 1600. The molecule has 0 N–H and O–H groups in total. The van der Waals surface area contributed by atoms with E-state index in [1.165, 1.54) is 29.0 Å². The number of allylic oxidation sites excluding steroid dienone is 1. The predicted molar refractivity (Wildman–Crippen MR) is 138 cm³/mol. The Morgan fingerprint density at radius 3 is 2.55 bits per heavy atom. The van der Waals surface area contributed by atoms with E-state index in [9.17, 15) is 9.18 Å². The van der Waals surface area contributed by atoms with Crippen LogP contribution in [0.4, 0.5) is 4.39 Å². The number of aromatic nitrogens is 1. The molecule has 0 fully saturated rings. The van der Waals surface area contributed by atoms with Crippen molar-refractivity contribution in [2.75, 3.05) is 0 Å². The summed E-state index contributed by atoms with van der Waals surface area (Å²) in [6.07, 6.45) is 3.65. The lowest BCUT2D eigenvalue weighted by molar-refractivity contribution is 0.581. The van der Waals surface area contributed by atoms with Crippen LogP contribution in [0.2, 0.25) is 0 Å². The predicted octanol–water partition coefficient (Wildman–Crippen LogP) is 5.06. The van der Waals surface area contributed by atoms with Crippen LogP contribution in [0.1, 0.15) is 34.7 Å². The van der Waals surface area contributed by atoms with Crippen molar-refractivity contribution < 1.29 is 4.39 Å². The summed E-state index contributed by atoms with van der Waals surface area (Å²) in [6.45, 7) is 0. The van der Waals surface area contributed by atoms with Crippen molar-refractivity contribution in [3.63, 3.8) is 0 Å². The first-order chi connectivity index (χ1) is 16.1. The molecule has 162 valence electrons. The highest BCUT2D eigenvalue weighted by Crippen LogP contribution is 2.41. The van der Waals surface area contributed by atoms with Gasteiger partial charge >= 0.3 is 0 Å². The van der Waals surface area contributed by atoms with Crippen LogP contribution in [0.5, 0.6) is 0 Å². The summed E-state index contributed by atoms with van der Waals surface area (Å²) in [5.74, 6) is -0.284. The minimum atomic E-state index is -0.288. The molecule has 0 spiro atoms. The van der Waals surface area contributed by atoms with E-state index in [-0.39, 0.29) is 17.4 Å². The van der Waals surface area contributed by atoms with Gasteiger partial charge in [0.25, 0.3) is 5.56 Å². The summed E-state index contributed by atoms with van der Waals surface area (Å²) < 4.78 is 17.3. The third-order valence-corrected chi connectivity index (χ3v) is 7.93. The maximum Gasteiger partial charge on any atom is 0.271 e. The van der Waals surface area contributed by atoms with E-state index in [2.05, 4.69) is 40.8 Å². The summed E-state index contributed by atoms with van der Waals surface area (Å²) in [5, 5.41) is 0. The number of fused-ring (bicyclic) bond motifs is 3. The van der Waals surface area contributed by atoms with Gasteiger partial charge in [0.2, 0.25) is 0 Å². The van der Waals surface area contributed by atoms with Gasteiger partial charge in [-0.1, -0.05) is 59.9 Å². The Morgan fingerprint density at radius 1 is 1.00 bits per heavy atom. The highest BCUT2D eigenvalue weighted by atomic mass is 127. The van der Waals surface area contributed by atoms with Crippen molar-refractivity contribution in [3.05, 3.63) is 130 Å². The minimum absolute atomic E-state index is 0.0583. The number of hydrogen-bond donors (Lipinski definition) is 0. The van der Waals surface area contributed by atoms with Crippen LogP contribution in [0.3, 0.4) is 0 Å². The third kappa shape index (κ3) is 3.61. The molecule has 33 heavy (non-hydrogen) atoms.